The number of hydrogen-bond donors (Lipinski definition) is 2. The van der Waals surface area contributed by atoms with Crippen LogP contribution in [-0.4, -0.2) is 29.8 Å². The predicted molar refractivity (Wildman–Crippen MR) is 111 cm³/mol. The van der Waals surface area contributed by atoms with Crippen molar-refractivity contribution in [2.75, 3.05) is 13.2 Å². The Labute approximate surface area is 167 Å². The number of aromatic amines is 1. The summed E-state index contributed by atoms with van der Waals surface area (Å²) in [6.07, 6.45) is -0.219. The molecule has 7 heteroatoms. The van der Waals surface area contributed by atoms with Crippen molar-refractivity contribution in [3.05, 3.63) is 64.7 Å². The van der Waals surface area contributed by atoms with E-state index in [4.69, 9.17) is 9.47 Å². The highest BCUT2D eigenvalue weighted by atomic mass is 19.1. The first kappa shape index (κ1) is 20.4. The van der Waals surface area contributed by atoms with Gasteiger partial charge in [0.1, 0.15) is 18.0 Å². The maximum atomic E-state index is 13.2. The van der Waals surface area contributed by atoms with Crippen molar-refractivity contribution in [1.82, 2.24) is 10.3 Å². The second-order valence-electron chi connectivity index (χ2n) is 7.62. The van der Waals surface area contributed by atoms with Gasteiger partial charge < -0.3 is 19.8 Å². The average Bonchev–Trinajstić information content (AvgIpc) is 2.67. The Morgan fingerprint density at radius 3 is 2.55 bits per heavy atom. The van der Waals surface area contributed by atoms with Crippen molar-refractivity contribution in [2.45, 2.75) is 26.4 Å². The minimum absolute atomic E-state index is 0.0325. The molecule has 152 valence electrons. The second kappa shape index (κ2) is 8.34. The summed E-state index contributed by atoms with van der Waals surface area (Å²) in [5, 5.41) is 4.72. The van der Waals surface area contributed by atoms with Crippen LogP contribution in [0.25, 0.3) is 21.7 Å². The van der Waals surface area contributed by atoms with E-state index >= 15 is 0 Å². The molecule has 0 saturated heterocycles. The summed E-state index contributed by atoms with van der Waals surface area (Å²) in [6.45, 7) is 5.17. The number of carbonyl (C=O) groups excluding carboxylic acids is 1. The highest BCUT2D eigenvalue weighted by molar-refractivity contribution is 6.05. The quantitative estimate of drug-likeness (QED) is 0.623. The molecule has 0 spiro atoms. The van der Waals surface area contributed by atoms with Gasteiger partial charge in [-0.25, -0.2) is 9.18 Å². The first-order valence-electron chi connectivity index (χ1n) is 9.19. The van der Waals surface area contributed by atoms with Crippen molar-refractivity contribution >= 4 is 27.8 Å². The van der Waals surface area contributed by atoms with Crippen LogP contribution in [0.5, 0.6) is 5.75 Å². The molecule has 3 rings (SSSR count). The normalized spacial score (nSPS) is 12.2. The Bertz CT molecular complexity index is 1130. The van der Waals surface area contributed by atoms with Crippen molar-refractivity contribution in [2.24, 2.45) is 0 Å². The van der Waals surface area contributed by atoms with Gasteiger partial charge in [-0.2, -0.15) is 0 Å². The van der Waals surface area contributed by atoms with Gasteiger partial charge in [0, 0.05) is 28.4 Å². The molecule has 0 bridgehead atoms. The number of rotatable bonds is 5. The third kappa shape index (κ3) is 5.13. The summed E-state index contributed by atoms with van der Waals surface area (Å²) >= 11 is 0. The molecular weight excluding hydrogens is 375 g/mol. The summed E-state index contributed by atoms with van der Waals surface area (Å²) in [5.41, 5.74) is 0.156. The Morgan fingerprint density at radius 2 is 1.86 bits per heavy atom. The summed E-state index contributed by atoms with van der Waals surface area (Å²) in [7, 11) is 0. The summed E-state index contributed by atoms with van der Waals surface area (Å²) in [4.78, 5) is 26.7. The molecular formula is C22H23FN2O4. The van der Waals surface area contributed by atoms with E-state index in [9.17, 15) is 14.0 Å². The SMILES string of the molecule is CC(C)(C)OC(=O)NC/C(=C/F)COc1ccc2[nH]c(=O)c3ccccc3c2c1. The molecule has 29 heavy (non-hydrogen) atoms. The maximum absolute atomic E-state index is 13.2. The second-order valence-corrected chi connectivity index (χ2v) is 7.62. The largest absolute Gasteiger partial charge is 0.489 e. The van der Waals surface area contributed by atoms with Crippen LogP contribution in [0, 0.1) is 0 Å². The smallest absolute Gasteiger partial charge is 0.407 e. The van der Waals surface area contributed by atoms with Crippen LogP contribution < -0.4 is 15.6 Å². The first-order valence-corrected chi connectivity index (χ1v) is 9.19. The number of pyridine rings is 1. The van der Waals surface area contributed by atoms with Gasteiger partial charge in [-0.1, -0.05) is 18.2 Å². The number of fused-ring (bicyclic) bond motifs is 3. The zero-order chi connectivity index (χ0) is 21.0. The minimum atomic E-state index is -0.630. The molecule has 0 radical (unpaired) electrons. The number of nitrogens with one attached hydrogen (secondary N) is 2. The van der Waals surface area contributed by atoms with Crippen LogP contribution in [0.4, 0.5) is 9.18 Å². The summed E-state index contributed by atoms with van der Waals surface area (Å²) in [6, 6.07) is 12.5. The number of hydrogen-bond acceptors (Lipinski definition) is 4. The van der Waals surface area contributed by atoms with Crippen LogP contribution in [0.15, 0.2) is 59.2 Å². The number of halogens is 1. The fraction of sp³-hybridized carbons (Fsp3) is 0.273. The molecule has 0 aliphatic rings. The van der Waals surface area contributed by atoms with Crippen molar-refractivity contribution in [3.63, 3.8) is 0 Å². The molecule has 2 aromatic carbocycles. The minimum Gasteiger partial charge on any atom is -0.489 e. The third-order valence-corrected chi connectivity index (χ3v) is 4.14. The molecule has 0 atom stereocenters. The topological polar surface area (TPSA) is 80.4 Å². The molecule has 0 aliphatic heterocycles. The number of alkyl carbamates (subject to hydrolysis) is 1. The van der Waals surface area contributed by atoms with Crippen molar-refractivity contribution < 1.29 is 18.7 Å². The highest BCUT2D eigenvalue weighted by Crippen LogP contribution is 2.25. The average molecular weight is 398 g/mol. The van der Waals surface area contributed by atoms with Gasteiger partial charge in [-0.15, -0.1) is 0 Å². The number of amides is 1. The molecule has 1 heterocycles. The van der Waals surface area contributed by atoms with Gasteiger partial charge in [0.2, 0.25) is 0 Å². The zero-order valence-corrected chi connectivity index (χ0v) is 16.5. The van der Waals surface area contributed by atoms with Gasteiger partial charge in [0.15, 0.2) is 0 Å². The number of ether oxygens (including phenoxy) is 2. The highest BCUT2D eigenvalue weighted by Gasteiger charge is 2.16. The Hall–Kier alpha value is -3.35. The van der Waals surface area contributed by atoms with Crippen LogP contribution >= 0.6 is 0 Å². The fourth-order valence-electron chi connectivity index (χ4n) is 2.85. The first-order chi connectivity index (χ1) is 13.8. The number of benzene rings is 2. The van der Waals surface area contributed by atoms with Gasteiger partial charge >= 0.3 is 6.09 Å². The lowest BCUT2D eigenvalue weighted by molar-refractivity contribution is 0.0531. The molecule has 1 aromatic heterocycles. The van der Waals surface area contributed by atoms with Crippen molar-refractivity contribution in [3.8, 4) is 5.75 Å². The Morgan fingerprint density at radius 1 is 1.14 bits per heavy atom. The molecule has 0 fully saturated rings. The van der Waals surface area contributed by atoms with Gasteiger partial charge in [0.25, 0.3) is 5.56 Å². The summed E-state index contributed by atoms with van der Waals surface area (Å²) in [5.74, 6) is 0.520. The predicted octanol–water partition coefficient (Wildman–Crippen LogP) is 4.44. The van der Waals surface area contributed by atoms with E-state index in [0.717, 1.165) is 10.8 Å². The summed E-state index contributed by atoms with van der Waals surface area (Å²) < 4.78 is 24.0. The number of aromatic nitrogens is 1. The molecule has 6 nitrogen and oxygen atoms in total. The van der Waals surface area contributed by atoms with Gasteiger partial charge in [0.05, 0.1) is 6.33 Å². The van der Waals surface area contributed by atoms with E-state index in [1.165, 1.54) is 0 Å². The van der Waals surface area contributed by atoms with E-state index in [0.29, 0.717) is 23.0 Å². The molecule has 2 N–H and O–H groups in total. The van der Waals surface area contributed by atoms with Crippen LogP contribution in [0.1, 0.15) is 20.8 Å². The molecule has 1 amide bonds. The maximum Gasteiger partial charge on any atom is 0.407 e. The molecule has 0 unspecified atom stereocenters. The van der Waals surface area contributed by atoms with Crippen molar-refractivity contribution in [1.29, 1.82) is 0 Å². The van der Waals surface area contributed by atoms with Crippen LogP contribution in [0.3, 0.4) is 0 Å². The molecule has 0 aliphatic carbocycles. The van der Waals surface area contributed by atoms with Crippen LogP contribution in [0.2, 0.25) is 0 Å². The zero-order valence-electron chi connectivity index (χ0n) is 16.5. The fourth-order valence-corrected chi connectivity index (χ4v) is 2.85. The van der Waals surface area contributed by atoms with E-state index in [2.05, 4.69) is 10.3 Å². The monoisotopic (exact) mass is 398 g/mol. The lowest BCUT2D eigenvalue weighted by atomic mass is 10.1. The molecule has 3 aromatic rings. The Kier molecular flexibility index (Phi) is 5.87. The van der Waals surface area contributed by atoms with E-state index < -0.39 is 11.7 Å². The van der Waals surface area contributed by atoms with Crippen LogP contribution in [-0.2, 0) is 4.74 Å². The van der Waals surface area contributed by atoms with E-state index in [-0.39, 0.29) is 24.3 Å². The standard InChI is InChI=1S/C22H23FN2O4/c1-22(2,3)29-21(27)24-12-14(11-23)13-28-15-8-9-19-18(10-15)16-6-4-5-7-17(16)20(26)25-19/h4-11H,12-13H2,1-3H3,(H,24,27)(H,25,26)/b14-11-. The lowest BCUT2D eigenvalue weighted by Crippen LogP contribution is -2.34. The Balaban J connectivity index is 1.71. The van der Waals surface area contributed by atoms with Gasteiger partial charge in [-0.05, 0) is 50.4 Å². The van der Waals surface area contributed by atoms with E-state index in [1.807, 2.05) is 12.1 Å². The lowest BCUT2D eigenvalue weighted by Gasteiger charge is -2.20. The third-order valence-electron chi connectivity index (χ3n) is 4.14. The number of carbonyl (C=O) groups is 1. The van der Waals surface area contributed by atoms with Gasteiger partial charge in [-0.3, -0.25) is 4.79 Å². The van der Waals surface area contributed by atoms with E-state index in [1.54, 1.807) is 51.1 Å². The molecule has 0 saturated carbocycles. The number of H-pyrrole nitrogens is 1.